The van der Waals surface area contributed by atoms with Crippen molar-refractivity contribution in [2.45, 2.75) is 26.0 Å². The minimum Gasteiger partial charge on any atom is -0.392 e. The number of carbonyl (C=O) groups is 1. The van der Waals surface area contributed by atoms with Gasteiger partial charge in [-0.3, -0.25) is 4.79 Å². The van der Waals surface area contributed by atoms with E-state index >= 15 is 0 Å². The number of amides is 1. The van der Waals surface area contributed by atoms with Gasteiger partial charge in [-0.05, 0) is 23.6 Å². The molecule has 0 aliphatic carbocycles. The molecule has 1 heterocycles. The summed E-state index contributed by atoms with van der Waals surface area (Å²) in [5.74, 6) is 0.0694. The minimum atomic E-state index is 0.0479. The molecular formula is C12H14BrNO2. The van der Waals surface area contributed by atoms with E-state index < -0.39 is 0 Å². The van der Waals surface area contributed by atoms with Crippen molar-refractivity contribution in [3.63, 3.8) is 0 Å². The van der Waals surface area contributed by atoms with Crippen LogP contribution in [0.3, 0.4) is 0 Å². The molecule has 86 valence electrons. The summed E-state index contributed by atoms with van der Waals surface area (Å²) >= 11 is 3.44. The second-order valence-electron chi connectivity index (χ2n) is 4.02. The highest BCUT2D eigenvalue weighted by Crippen LogP contribution is 2.33. The largest absolute Gasteiger partial charge is 0.392 e. The lowest BCUT2D eigenvalue weighted by Crippen LogP contribution is -2.37. The molecule has 1 N–H and O–H groups in total. The van der Waals surface area contributed by atoms with Crippen LogP contribution in [0.25, 0.3) is 0 Å². The van der Waals surface area contributed by atoms with Gasteiger partial charge in [0.1, 0.15) is 0 Å². The zero-order chi connectivity index (χ0) is 11.7. The van der Waals surface area contributed by atoms with Gasteiger partial charge in [-0.2, -0.15) is 0 Å². The van der Waals surface area contributed by atoms with Gasteiger partial charge in [0.15, 0.2) is 0 Å². The van der Waals surface area contributed by atoms with E-state index in [0.29, 0.717) is 0 Å². The van der Waals surface area contributed by atoms with Gasteiger partial charge in [0.05, 0.1) is 12.6 Å². The fraction of sp³-hybridized carbons (Fsp3) is 0.417. The number of aliphatic hydroxyl groups excluding tert-OH is 1. The Hall–Kier alpha value is -0.870. The molecule has 1 unspecified atom stereocenters. The number of benzene rings is 1. The molecule has 0 radical (unpaired) electrons. The zero-order valence-corrected chi connectivity index (χ0v) is 10.7. The minimum absolute atomic E-state index is 0.0479. The van der Waals surface area contributed by atoms with Crippen LogP contribution in [0, 0.1) is 0 Å². The van der Waals surface area contributed by atoms with Crippen LogP contribution in [0.5, 0.6) is 0 Å². The van der Waals surface area contributed by atoms with Gasteiger partial charge in [-0.1, -0.05) is 28.1 Å². The van der Waals surface area contributed by atoms with E-state index in [0.717, 1.165) is 28.6 Å². The maximum absolute atomic E-state index is 11.6. The van der Waals surface area contributed by atoms with Crippen LogP contribution in [0.15, 0.2) is 18.2 Å². The predicted molar refractivity (Wildman–Crippen MR) is 66.8 cm³/mol. The lowest BCUT2D eigenvalue weighted by molar-refractivity contribution is -0.116. The monoisotopic (exact) mass is 283 g/mol. The molecule has 1 aromatic carbocycles. The highest BCUT2D eigenvalue weighted by atomic mass is 79.9. The third-order valence-electron chi connectivity index (χ3n) is 2.92. The molecule has 0 spiro atoms. The second kappa shape index (κ2) is 4.55. The normalized spacial score (nSPS) is 18.7. The molecule has 2 rings (SSSR count). The van der Waals surface area contributed by atoms with E-state index in [1.54, 1.807) is 6.92 Å². The van der Waals surface area contributed by atoms with Crippen molar-refractivity contribution in [3.05, 3.63) is 29.3 Å². The van der Waals surface area contributed by atoms with Gasteiger partial charge < -0.3 is 10.0 Å². The fourth-order valence-electron chi connectivity index (χ4n) is 2.23. The maximum atomic E-state index is 11.6. The number of halogens is 1. The molecule has 1 aliphatic heterocycles. The summed E-state index contributed by atoms with van der Waals surface area (Å²) in [6.45, 7) is 1.64. The highest BCUT2D eigenvalue weighted by Gasteiger charge is 2.31. The summed E-state index contributed by atoms with van der Waals surface area (Å²) in [7, 11) is 0. The van der Waals surface area contributed by atoms with E-state index in [9.17, 15) is 4.79 Å². The summed E-state index contributed by atoms with van der Waals surface area (Å²) in [5, 5.41) is 9.85. The molecule has 1 aromatic rings. The Morgan fingerprint density at radius 1 is 1.62 bits per heavy atom. The Kier molecular flexibility index (Phi) is 3.30. The van der Waals surface area contributed by atoms with Crippen LogP contribution in [-0.2, 0) is 17.8 Å². The summed E-state index contributed by atoms with van der Waals surface area (Å²) in [6, 6.07) is 5.96. The number of hydrogen-bond donors (Lipinski definition) is 1. The number of nitrogens with zero attached hydrogens (tertiary/aromatic N) is 1. The molecule has 0 bridgehead atoms. The summed E-state index contributed by atoms with van der Waals surface area (Å²) < 4.78 is 0. The maximum Gasteiger partial charge on any atom is 0.224 e. The number of rotatable bonds is 2. The Morgan fingerprint density at radius 3 is 2.94 bits per heavy atom. The molecule has 1 aliphatic rings. The standard InChI is InChI=1S/C12H14BrNO2/c1-8(16)14-11(6-13)5-10-4-9(7-15)2-3-12(10)14/h2-4,11,15H,5-7H2,1H3. The third-order valence-corrected chi connectivity index (χ3v) is 3.67. The van der Waals surface area contributed by atoms with Crippen molar-refractivity contribution >= 4 is 27.5 Å². The molecule has 0 fully saturated rings. The van der Waals surface area contributed by atoms with Crippen molar-refractivity contribution < 1.29 is 9.90 Å². The Bertz CT molecular complexity index is 419. The van der Waals surface area contributed by atoms with Crippen LogP contribution in [0.1, 0.15) is 18.1 Å². The van der Waals surface area contributed by atoms with Crippen LogP contribution in [-0.4, -0.2) is 22.4 Å². The summed E-state index contributed by atoms with van der Waals surface area (Å²) in [4.78, 5) is 13.4. The SMILES string of the molecule is CC(=O)N1c2ccc(CO)cc2CC1CBr. The number of anilines is 1. The topological polar surface area (TPSA) is 40.5 Å². The zero-order valence-electron chi connectivity index (χ0n) is 9.11. The van der Waals surface area contributed by atoms with Crippen LogP contribution in [0.4, 0.5) is 5.69 Å². The third kappa shape index (κ3) is 1.87. The lowest BCUT2D eigenvalue weighted by atomic mass is 10.1. The summed E-state index contributed by atoms with van der Waals surface area (Å²) in [5.41, 5.74) is 3.03. The number of aliphatic hydroxyl groups is 1. The van der Waals surface area contributed by atoms with Gasteiger partial charge in [-0.25, -0.2) is 0 Å². The van der Waals surface area contributed by atoms with E-state index in [4.69, 9.17) is 5.11 Å². The average Bonchev–Trinajstić information content (AvgIpc) is 2.65. The van der Waals surface area contributed by atoms with Gasteiger partial charge >= 0.3 is 0 Å². The first-order chi connectivity index (χ1) is 7.67. The molecule has 1 amide bonds. The van der Waals surface area contributed by atoms with E-state index in [2.05, 4.69) is 15.9 Å². The lowest BCUT2D eigenvalue weighted by Gasteiger charge is -2.22. The van der Waals surface area contributed by atoms with E-state index in [1.165, 1.54) is 0 Å². The number of hydrogen-bond acceptors (Lipinski definition) is 2. The van der Waals surface area contributed by atoms with Crippen molar-refractivity contribution in [2.24, 2.45) is 0 Å². The predicted octanol–water partition coefficient (Wildman–Crippen LogP) is 1.85. The first kappa shape index (κ1) is 11.6. The Labute approximate surface area is 103 Å². The highest BCUT2D eigenvalue weighted by molar-refractivity contribution is 9.09. The molecular weight excluding hydrogens is 270 g/mol. The number of carbonyl (C=O) groups excluding carboxylic acids is 1. The van der Waals surface area contributed by atoms with Crippen LogP contribution < -0.4 is 4.90 Å². The quantitative estimate of drug-likeness (QED) is 0.842. The van der Waals surface area contributed by atoms with Gasteiger partial charge in [0, 0.05) is 17.9 Å². The molecule has 0 aromatic heterocycles. The van der Waals surface area contributed by atoms with Crippen LogP contribution in [0.2, 0.25) is 0 Å². The summed E-state index contributed by atoms with van der Waals surface area (Å²) in [6.07, 6.45) is 0.855. The van der Waals surface area contributed by atoms with Crippen molar-refractivity contribution in [3.8, 4) is 0 Å². The molecule has 3 nitrogen and oxygen atoms in total. The van der Waals surface area contributed by atoms with Crippen molar-refractivity contribution in [2.75, 3.05) is 10.2 Å². The van der Waals surface area contributed by atoms with Crippen molar-refractivity contribution in [1.82, 2.24) is 0 Å². The first-order valence-corrected chi connectivity index (χ1v) is 6.38. The molecule has 4 heteroatoms. The fourth-order valence-corrected chi connectivity index (χ4v) is 2.75. The van der Waals surface area contributed by atoms with E-state index in [-0.39, 0.29) is 18.6 Å². The number of alkyl halides is 1. The first-order valence-electron chi connectivity index (χ1n) is 5.25. The second-order valence-corrected chi connectivity index (χ2v) is 4.67. The Balaban J connectivity index is 2.41. The smallest absolute Gasteiger partial charge is 0.224 e. The Morgan fingerprint density at radius 2 is 2.38 bits per heavy atom. The van der Waals surface area contributed by atoms with Crippen LogP contribution >= 0.6 is 15.9 Å². The molecule has 0 saturated heterocycles. The van der Waals surface area contributed by atoms with Gasteiger partial charge in [0.2, 0.25) is 5.91 Å². The van der Waals surface area contributed by atoms with Gasteiger partial charge in [0.25, 0.3) is 0 Å². The van der Waals surface area contributed by atoms with Gasteiger partial charge in [-0.15, -0.1) is 0 Å². The average molecular weight is 284 g/mol. The van der Waals surface area contributed by atoms with E-state index in [1.807, 2.05) is 23.1 Å². The molecule has 16 heavy (non-hydrogen) atoms. The molecule has 1 atom stereocenters. The van der Waals surface area contributed by atoms with Crippen molar-refractivity contribution in [1.29, 1.82) is 0 Å². The molecule has 0 saturated carbocycles. The number of fused-ring (bicyclic) bond motifs is 1.